The Bertz CT molecular complexity index is 862. The maximum atomic E-state index is 11.9. The molecule has 0 aromatic heterocycles. The van der Waals surface area contributed by atoms with Gasteiger partial charge in [-0.05, 0) is 41.0 Å². The minimum Gasteiger partial charge on any atom is -0.494 e. The lowest BCUT2D eigenvalue weighted by molar-refractivity contribution is 0.125. The van der Waals surface area contributed by atoms with Crippen molar-refractivity contribution in [1.29, 1.82) is 2.86 Å². The van der Waals surface area contributed by atoms with Crippen molar-refractivity contribution in [3.63, 3.8) is 0 Å². The van der Waals surface area contributed by atoms with E-state index in [1.165, 1.54) is 0 Å². The fourth-order valence-corrected chi connectivity index (χ4v) is 3.26. The third-order valence-electron chi connectivity index (χ3n) is 4.85. The van der Waals surface area contributed by atoms with Gasteiger partial charge in [0.25, 0.3) is 0 Å². The van der Waals surface area contributed by atoms with Crippen molar-refractivity contribution in [3.05, 3.63) is 95.6 Å². The van der Waals surface area contributed by atoms with E-state index in [2.05, 4.69) is 10.2 Å². The number of hydrogen-bond donors (Lipinski definition) is 3. The van der Waals surface area contributed by atoms with Gasteiger partial charge in [0.15, 0.2) is 0 Å². The summed E-state index contributed by atoms with van der Waals surface area (Å²) in [4.78, 5) is 0. The van der Waals surface area contributed by atoms with E-state index in [1.807, 2.05) is 78.9 Å². The predicted molar refractivity (Wildman–Crippen MR) is 116 cm³/mol. The van der Waals surface area contributed by atoms with Crippen LogP contribution in [0.3, 0.4) is 0 Å². The molecule has 0 saturated heterocycles. The van der Waals surface area contributed by atoms with Gasteiger partial charge in [0.05, 0.1) is 13.2 Å². The SMILES string of the molecule is [3H]OCCCOc1ccc(C(O)(c2ccccc2)c2ccc(OCCCO[3H])cc2)cc1. The first-order chi connectivity index (χ1) is 15.7. The first-order valence-corrected chi connectivity index (χ1v) is 10.1. The van der Waals surface area contributed by atoms with Gasteiger partial charge in [-0.3, -0.25) is 0 Å². The van der Waals surface area contributed by atoms with E-state index in [4.69, 9.17) is 12.3 Å². The van der Waals surface area contributed by atoms with Gasteiger partial charge in [0.2, 0.25) is 2.86 Å². The summed E-state index contributed by atoms with van der Waals surface area (Å²) < 4.78 is 24.8. The molecule has 0 saturated carbocycles. The van der Waals surface area contributed by atoms with Crippen LogP contribution in [0.5, 0.6) is 11.5 Å². The van der Waals surface area contributed by atoms with Gasteiger partial charge in [0, 0.05) is 26.1 Å². The van der Waals surface area contributed by atoms with Crippen molar-refractivity contribution in [1.82, 2.24) is 0 Å². The molecule has 0 bridgehead atoms. The number of hydrogen-bond acceptors (Lipinski definition) is 5. The number of ether oxygens (including phenoxy) is 2. The summed E-state index contributed by atoms with van der Waals surface area (Å²) >= 11 is 0. The Morgan fingerprint density at radius 1 is 0.633 bits per heavy atom. The fraction of sp³-hybridized carbons (Fsp3) is 0.280. The molecule has 158 valence electrons. The zero-order chi connectivity index (χ0) is 22.7. The molecule has 3 rings (SSSR count). The summed E-state index contributed by atoms with van der Waals surface area (Å²) in [5.41, 5.74) is 0.831. The highest BCUT2D eigenvalue weighted by atomic mass is 16.5. The lowest BCUT2D eigenvalue weighted by Gasteiger charge is -2.30. The fourth-order valence-electron chi connectivity index (χ4n) is 3.26. The van der Waals surface area contributed by atoms with Crippen molar-refractivity contribution in [3.8, 4) is 11.5 Å². The van der Waals surface area contributed by atoms with Crippen molar-refractivity contribution in [2.45, 2.75) is 18.4 Å². The van der Waals surface area contributed by atoms with Crippen molar-refractivity contribution in [2.75, 3.05) is 26.4 Å². The molecule has 0 radical (unpaired) electrons. The molecule has 3 aromatic rings. The summed E-state index contributed by atoms with van der Waals surface area (Å²) in [6, 6.07) is 24.3. The van der Waals surface area contributed by atoms with E-state index in [0.717, 1.165) is 5.56 Å². The van der Waals surface area contributed by atoms with Crippen LogP contribution < -0.4 is 9.47 Å². The smallest absolute Gasteiger partial charge is 0.210 e. The second-order valence-corrected chi connectivity index (χ2v) is 6.94. The zero-order valence-electron chi connectivity index (χ0n) is 18.8. The molecule has 0 atom stereocenters. The summed E-state index contributed by atoms with van der Waals surface area (Å²) in [5, 5.41) is 20.5. The number of aliphatic hydroxyl groups excluding tert-OH is 2. The second-order valence-electron chi connectivity index (χ2n) is 6.94. The van der Waals surface area contributed by atoms with E-state index in [0.29, 0.717) is 61.9 Å². The maximum Gasteiger partial charge on any atom is 0.210 e. The molecule has 30 heavy (non-hydrogen) atoms. The van der Waals surface area contributed by atoms with E-state index in [9.17, 15) is 5.11 Å². The first-order valence-electron chi connectivity index (χ1n) is 10.9. The molecule has 0 heterocycles. The molecule has 0 aliphatic heterocycles. The van der Waals surface area contributed by atoms with Gasteiger partial charge in [-0.15, -0.1) is 0 Å². The van der Waals surface area contributed by atoms with Crippen LogP contribution >= 0.6 is 0 Å². The average Bonchev–Trinajstić information content (AvgIpc) is 2.85. The second kappa shape index (κ2) is 10.8. The standard InChI is InChI=1S/C25H28O5/c26-16-4-18-29-23-12-8-21(9-13-23)25(28,20-6-2-1-3-7-20)22-10-14-24(15-11-22)30-19-5-17-27/h1-3,6-15,26-28H,4-5,16-19H2/i26T,27T. The predicted octanol–water partition coefficient (Wildman–Crippen LogP) is 3.49. The van der Waals surface area contributed by atoms with Gasteiger partial charge in [-0.1, -0.05) is 54.6 Å². The molecular weight excluding hydrogens is 380 g/mol. The highest BCUT2D eigenvalue weighted by Crippen LogP contribution is 2.37. The maximum absolute atomic E-state index is 11.9. The minimum absolute atomic E-state index is 0.323. The monoisotopic (exact) mass is 412 g/mol. The van der Waals surface area contributed by atoms with E-state index in [1.54, 1.807) is 0 Å². The minimum atomic E-state index is -1.35. The van der Waals surface area contributed by atoms with Crippen LogP contribution in [0, 0.1) is 0 Å². The topological polar surface area (TPSA) is 79.2 Å². The molecular formula is C25H28O5. The van der Waals surface area contributed by atoms with Crippen LogP contribution in [-0.4, -0.2) is 44.6 Å². The van der Waals surface area contributed by atoms with E-state index < -0.39 is 5.60 Å². The van der Waals surface area contributed by atoms with Crippen LogP contribution in [0.1, 0.15) is 29.5 Å². The Hall–Kier alpha value is -2.86. The van der Waals surface area contributed by atoms with Crippen molar-refractivity contribution < 1.29 is 24.8 Å². The molecule has 3 aromatic carbocycles. The first kappa shape index (κ1) is 19.1. The number of aliphatic hydroxyl groups is 3. The Kier molecular flexibility index (Phi) is 6.87. The van der Waals surface area contributed by atoms with Crippen LogP contribution in [0.4, 0.5) is 0 Å². The molecule has 5 heteroatoms. The quantitative estimate of drug-likeness (QED) is 0.296. The van der Waals surface area contributed by atoms with Crippen LogP contribution in [-0.2, 0) is 5.60 Å². The lowest BCUT2D eigenvalue weighted by atomic mass is 9.80. The van der Waals surface area contributed by atoms with Crippen LogP contribution in [0.15, 0.2) is 78.9 Å². The average molecular weight is 413 g/mol. The van der Waals surface area contributed by atoms with Crippen LogP contribution in [0.2, 0.25) is 0 Å². The molecule has 3 N–H and O–H groups in total. The molecule has 0 unspecified atom stereocenters. The number of rotatable bonds is 13. The molecule has 0 aliphatic carbocycles. The van der Waals surface area contributed by atoms with Gasteiger partial charge < -0.3 is 24.8 Å². The third kappa shape index (κ3) is 5.19. The lowest BCUT2D eigenvalue weighted by Crippen LogP contribution is -2.28. The largest absolute Gasteiger partial charge is 0.494 e. The van der Waals surface area contributed by atoms with Gasteiger partial charge in [-0.2, -0.15) is 0 Å². The van der Waals surface area contributed by atoms with Gasteiger partial charge >= 0.3 is 0 Å². The van der Waals surface area contributed by atoms with Crippen molar-refractivity contribution >= 4 is 0 Å². The summed E-state index contributed by atoms with van der Waals surface area (Å²) in [6.45, 7) is 1.56. The van der Waals surface area contributed by atoms with Gasteiger partial charge in [0.1, 0.15) is 17.1 Å². The number of benzene rings is 3. The molecule has 0 aliphatic rings. The van der Waals surface area contributed by atoms with Crippen LogP contribution in [0.25, 0.3) is 0 Å². The summed E-state index contributed by atoms with van der Waals surface area (Å²) in [7, 11) is 0. The highest BCUT2D eigenvalue weighted by molar-refractivity contribution is 5.49. The molecule has 0 amide bonds. The molecule has 0 fully saturated rings. The normalized spacial score (nSPS) is 12.2. The highest BCUT2D eigenvalue weighted by Gasteiger charge is 2.33. The zero-order valence-corrected chi connectivity index (χ0v) is 16.8. The summed E-state index contributed by atoms with van der Waals surface area (Å²) in [6.07, 6.45) is 1.26. The Morgan fingerprint density at radius 2 is 1.07 bits per heavy atom. The van der Waals surface area contributed by atoms with Gasteiger partial charge in [-0.25, -0.2) is 0 Å². The van der Waals surface area contributed by atoms with E-state index >= 15 is 0 Å². The summed E-state index contributed by atoms with van der Waals surface area (Å²) in [5.74, 6) is 1.38. The molecule has 5 nitrogen and oxygen atoms in total. The Balaban J connectivity index is 1.83. The van der Waals surface area contributed by atoms with Crippen molar-refractivity contribution in [2.24, 2.45) is 0 Å². The molecule has 0 spiro atoms. The third-order valence-corrected chi connectivity index (χ3v) is 4.85. The van der Waals surface area contributed by atoms with E-state index in [-0.39, 0.29) is 0 Å². The Labute approximate surface area is 180 Å². The Morgan fingerprint density at radius 3 is 1.50 bits per heavy atom.